The third kappa shape index (κ3) is 4.05. The molecule has 0 saturated carbocycles. The number of hydrogen-bond acceptors (Lipinski definition) is 5. The number of methoxy groups -OCH3 is 1. The van der Waals surface area contributed by atoms with Crippen LogP contribution in [0.5, 0.6) is 11.5 Å². The second-order valence-electron chi connectivity index (χ2n) is 4.28. The van der Waals surface area contributed by atoms with Gasteiger partial charge in [-0.25, -0.2) is 5.43 Å². The fourth-order valence-electron chi connectivity index (χ4n) is 1.77. The average molecular weight is 299 g/mol. The van der Waals surface area contributed by atoms with Crippen LogP contribution < -0.4 is 14.9 Å². The largest absolute Gasteiger partial charge is 0.493 e. The van der Waals surface area contributed by atoms with Crippen molar-refractivity contribution in [3.05, 3.63) is 53.9 Å². The number of nitrogens with one attached hydrogen (secondary N) is 1. The summed E-state index contributed by atoms with van der Waals surface area (Å²) in [6, 6.07) is 8.54. The molecule has 1 amide bonds. The van der Waals surface area contributed by atoms with Crippen molar-refractivity contribution < 1.29 is 14.3 Å². The van der Waals surface area contributed by atoms with Gasteiger partial charge >= 0.3 is 0 Å². The number of rotatable bonds is 6. The first-order chi connectivity index (χ1) is 10.7. The van der Waals surface area contributed by atoms with Crippen LogP contribution in [-0.2, 0) is 0 Å². The molecule has 0 fully saturated rings. The molecule has 0 aliphatic carbocycles. The van der Waals surface area contributed by atoms with E-state index in [0.717, 1.165) is 5.56 Å². The summed E-state index contributed by atoms with van der Waals surface area (Å²) in [6.45, 7) is 2.35. The van der Waals surface area contributed by atoms with Gasteiger partial charge in [-0.2, -0.15) is 5.10 Å². The van der Waals surface area contributed by atoms with Gasteiger partial charge in [0.25, 0.3) is 5.91 Å². The average Bonchev–Trinajstić information content (AvgIpc) is 2.56. The Bertz CT molecular complexity index is 657. The number of nitrogens with zero attached hydrogens (tertiary/aromatic N) is 2. The van der Waals surface area contributed by atoms with Gasteiger partial charge in [0.1, 0.15) is 0 Å². The zero-order valence-electron chi connectivity index (χ0n) is 12.4. The second kappa shape index (κ2) is 7.78. The Hall–Kier alpha value is -2.89. The van der Waals surface area contributed by atoms with E-state index in [2.05, 4.69) is 15.5 Å². The molecule has 1 N–H and O–H groups in total. The molecule has 2 aromatic rings. The summed E-state index contributed by atoms with van der Waals surface area (Å²) in [4.78, 5) is 16.0. The maximum absolute atomic E-state index is 12.1. The Labute approximate surface area is 128 Å². The van der Waals surface area contributed by atoms with Gasteiger partial charge in [0.2, 0.25) is 0 Å². The maximum atomic E-state index is 12.1. The molecule has 1 heterocycles. The Morgan fingerprint density at radius 1 is 1.27 bits per heavy atom. The zero-order valence-corrected chi connectivity index (χ0v) is 12.4. The van der Waals surface area contributed by atoms with Crippen molar-refractivity contribution in [1.82, 2.24) is 10.4 Å². The monoisotopic (exact) mass is 299 g/mol. The highest BCUT2D eigenvalue weighted by Crippen LogP contribution is 2.27. The van der Waals surface area contributed by atoms with Crippen LogP contribution in [0, 0.1) is 0 Å². The van der Waals surface area contributed by atoms with E-state index in [-0.39, 0.29) is 5.91 Å². The Morgan fingerprint density at radius 2 is 2.05 bits per heavy atom. The molecule has 0 bridgehead atoms. The van der Waals surface area contributed by atoms with Crippen molar-refractivity contribution in [2.24, 2.45) is 5.10 Å². The minimum Gasteiger partial charge on any atom is -0.493 e. The van der Waals surface area contributed by atoms with E-state index in [9.17, 15) is 4.79 Å². The quantitative estimate of drug-likeness (QED) is 0.656. The molecule has 0 saturated heterocycles. The number of aromatic nitrogens is 1. The molecule has 0 aliphatic heterocycles. The van der Waals surface area contributed by atoms with E-state index in [4.69, 9.17) is 9.47 Å². The van der Waals surface area contributed by atoms with Gasteiger partial charge in [0, 0.05) is 18.0 Å². The fourth-order valence-corrected chi connectivity index (χ4v) is 1.77. The molecule has 0 atom stereocenters. The second-order valence-corrected chi connectivity index (χ2v) is 4.28. The predicted octanol–water partition coefficient (Wildman–Crippen LogP) is 2.25. The van der Waals surface area contributed by atoms with E-state index in [1.165, 1.54) is 0 Å². The predicted molar refractivity (Wildman–Crippen MR) is 83.5 cm³/mol. The normalized spacial score (nSPS) is 10.5. The molecule has 0 radical (unpaired) electrons. The molecule has 1 aromatic carbocycles. The highest BCUT2D eigenvalue weighted by molar-refractivity contribution is 5.95. The van der Waals surface area contributed by atoms with Crippen LogP contribution in [0.4, 0.5) is 0 Å². The Kier molecular flexibility index (Phi) is 5.48. The molecule has 22 heavy (non-hydrogen) atoms. The molecule has 0 unspecified atom stereocenters. The number of hydrogen-bond donors (Lipinski definition) is 1. The summed E-state index contributed by atoms with van der Waals surface area (Å²) in [5, 5.41) is 3.91. The summed E-state index contributed by atoms with van der Waals surface area (Å²) < 4.78 is 10.6. The van der Waals surface area contributed by atoms with Crippen LogP contribution in [-0.4, -0.2) is 30.8 Å². The minimum atomic E-state index is -0.325. The van der Waals surface area contributed by atoms with Crippen molar-refractivity contribution in [2.45, 2.75) is 6.92 Å². The molecular formula is C16H17N3O3. The van der Waals surface area contributed by atoms with Gasteiger partial charge in [0.05, 0.1) is 19.9 Å². The third-order valence-corrected chi connectivity index (χ3v) is 2.81. The number of carbonyl (C=O) groups is 1. The minimum absolute atomic E-state index is 0.325. The third-order valence-electron chi connectivity index (χ3n) is 2.81. The van der Waals surface area contributed by atoms with Gasteiger partial charge in [-0.1, -0.05) is 0 Å². The van der Waals surface area contributed by atoms with E-state index < -0.39 is 0 Å². The number of pyridine rings is 1. The van der Waals surface area contributed by atoms with Crippen molar-refractivity contribution in [2.75, 3.05) is 13.7 Å². The first-order valence-electron chi connectivity index (χ1n) is 6.79. The van der Waals surface area contributed by atoms with Crippen molar-refractivity contribution in [1.29, 1.82) is 0 Å². The highest BCUT2D eigenvalue weighted by Gasteiger charge is 2.10. The van der Waals surface area contributed by atoms with Crippen LogP contribution in [0.1, 0.15) is 22.8 Å². The molecule has 2 rings (SSSR count). The van der Waals surface area contributed by atoms with Crippen LogP contribution in [0.25, 0.3) is 0 Å². The number of amides is 1. The number of benzene rings is 1. The summed E-state index contributed by atoms with van der Waals surface area (Å²) >= 11 is 0. The summed E-state index contributed by atoms with van der Waals surface area (Å²) in [5.41, 5.74) is 3.76. The molecule has 1 aromatic heterocycles. The van der Waals surface area contributed by atoms with E-state index >= 15 is 0 Å². The van der Waals surface area contributed by atoms with Gasteiger partial charge < -0.3 is 9.47 Å². The zero-order chi connectivity index (χ0) is 15.8. The van der Waals surface area contributed by atoms with E-state index in [1.54, 1.807) is 56.0 Å². The van der Waals surface area contributed by atoms with E-state index in [0.29, 0.717) is 23.7 Å². The van der Waals surface area contributed by atoms with E-state index in [1.807, 2.05) is 6.92 Å². The number of carbonyl (C=O) groups excluding carboxylic acids is 1. The molecular weight excluding hydrogens is 282 g/mol. The lowest BCUT2D eigenvalue weighted by Crippen LogP contribution is -2.17. The lowest BCUT2D eigenvalue weighted by molar-refractivity contribution is 0.0954. The lowest BCUT2D eigenvalue weighted by Gasteiger charge is -2.10. The van der Waals surface area contributed by atoms with Crippen LogP contribution >= 0.6 is 0 Å². The lowest BCUT2D eigenvalue weighted by atomic mass is 10.2. The molecule has 6 heteroatoms. The van der Waals surface area contributed by atoms with Gasteiger partial charge in [0.15, 0.2) is 11.5 Å². The standard InChI is InChI=1S/C16H17N3O3/c1-3-22-15-10-13(4-5-14(15)21-2)16(20)19-18-11-12-6-8-17-9-7-12/h4-11H,3H2,1-2H3,(H,19,20)/b18-11+. The van der Waals surface area contributed by atoms with Crippen LogP contribution in [0.15, 0.2) is 47.8 Å². The smallest absolute Gasteiger partial charge is 0.271 e. The van der Waals surface area contributed by atoms with Gasteiger partial charge in [-0.05, 0) is 42.8 Å². The molecule has 6 nitrogen and oxygen atoms in total. The summed E-state index contributed by atoms with van der Waals surface area (Å²) in [6.07, 6.45) is 4.86. The van der Waals surface area contributed by atoms with Crippen molar-refractivity contribution in [3.63, 3.8) is 0 Å². The van der Waals surface area contributed by atoms with Crippen LogP contribution in [0.2, 0.25) is 0 Å². The van der Waals surface area contributed by atoms with Gasteiger partial charge in [-0.3, -0.25) is 9.78 Å². The first-order valence-corrected chi connectivity index (χ1v) is 6.79. The molecule has 0 spiro atoms. The van der Waals surface area contributed by atoms with Crippen molar-refractivity contribution >= 4 is 12.1 Å². The maximum Gasteiger partial charge on any atom is 0.271 e. The van der Waals surface area contributed by atoms with Crippen LogP contribution in [0.3, 0.4) is 0 Å². The molecule has 114 valence electrons. The fraction of sp³-hybridized carbons (Fsp3) is 0.188. The summed E-state index contributed by atoms with van der Waals surface area (Å²) in [5.74, 6) is 0.781. The van der Waals surface area contributed by atoms with Gasteiger partial charge in [-0.15, -0.1) is 0 Å². The highest BCUT2D eigenvalue weighted by atomic mass is 16.5. The van der Waals surface area contributed by atoms with Crippen molar-refractivity contribution in [3.8, 4) is 11.5 Å². The Morgan fingerprint density at radius 3 is 2.73 bits per heavy atom. The Balaban J connectivity index is 2.06. The summed E-state index contributed by atoms with van der Waals surface area (Å²) in [7, 11) is 1.55. The number of hydrazone groups is 1. The topological polar surface area (TPSA) is 72.8 Å². The molecule has 0 aliphatic rings. The first kappa shape index (κ1) is 15.5. The SMILES string of the molecule is CCOc1cc(C(=O)N/N=C/c2ccncc2)ccc1OC. The number of ether oxygens (including phenoxy) is 2.